The van der Waals surface area contributed by atoms with E-state index in [0.717, 1.165) is 17.0 Å². The Balaban J connectivity index is 2.60. The number of amides is 1. The lowest BCUT2D eigenvalue weighted by molar-refractivity contribution is 0.1000. The molecule has 0 saturated carbocycles. The molecule has 4 heteroatoms. The summed E-state index contributed by atoms with van der Waals surface area (Å²) >= 11 is 5.89. The highest BCUT2D eigenvalue weighted by Gasteiger charge is 2.19. The number of hydrogen-bond donors (Lipinski definition) is 1. The highest BCUT2D eigenvalue weighted by molar-refractivity contribution is 6.30. The third-order valence-corrected chi connectivity index (χ3v) is 3.27. The van der Waals surface area contributed by atoms with Gasteiger partial charge in [-0.05, 0) is 24.3 Å². The van der Waals surface area contributed by atoms with Crippen LogP contribution in [0.3, 0.4) is 0 Å². The first kappa shape index (κ1) is 14.5. The van der Waals surface area contributed by atoms with Crippen LogP contribution < -0.4 is 5.73 Å². The molecule has 1 aromatic heterocycles. The van der Waals surface area contributed by atoms with Crippen molar-refractivity contribution in [1.29, 1.82) is 0 Å². The summed E-state index contributed by atoms with van der Waals surface area (Å²) in [6.07, 6.45) is 0. The van der Waals surface area contributed by atoms with E-state index in [-0.39, 0.29) is 5.41 Å². The van der Waals surface area contributed by atoms with Gasteiger partial charge < -0.3 is 5.73 Å². The second-order valence-electron chi connectivity index (χ2n) is 5.75. The largest absolute Gasteiger partial charge is 0.366 e. The van der Waals surface area contributed by atoms with E-state index in [1.807, 2.05) is 32.9 Å². The number of pyridine rings is 1. The number of carbonyl (C=O) groups excluding carboxylic acids is 1. The number of benzene rings is 1. The predicted octanol–water partition coefficient (Wildman–Crippen LogP) is 3.80. The molecule has 0 aliphatic rings. The van der Waals surface area contributed by atoms with Crippen LogP contribution in [0.2, 0.25) is 5.02 Å². The summed E-state index contributed by atoms with van der Waals surface area (Å²) in [5.41, 5.74) is 8.18. The standard InChI is InChI=1S/C16H17ClN2O/c1-16(2,3)14-9-11(15(18)20)8-13(19-14)10-4-6-12(17)7-5-10/h4-9H,1-3H3,(H2,18,20). The maximum atomic E-state index is 11.5. The zero-order valence-corrected chi connectivity index (χ0v) is 12.5. The van der Waals surface area contributed by atoms with Crippen LogP contribution in [0.15, 0.2) is 36.4 Å². The lowest BCUT2D eigenvalue weighted by Crippen LogP contribution is -2.18. The second kappa shape index (κ2) is 5.25. The number of carbonyl (C=O) groups is 1. The molecule has 1 heterocycles. The molecule has 0 aliphatic heterocycles. The second-order valence-corrected chi connectivity index (χ2v) is 6.18. The number of nitrogens with two attached hydrogens (primary N) is 1. The summed E-state index contributed by atoms with van der Waals surface area (Å²) in [5.74, 6) is -0.451. The van der Waals surface area contributed by atoms with Crippen molar-refractivity contribution >= 4 is 17.5 Å². The van der Waals surface area contributed by atoms with Crippen molar-refractivity contribution in [3.8, 4) is 11.3 Å². The molecule has 3 nitrogen and oxygen atoms in total. The number of rotatable bonds is 2. The lowest BCUT2D eigenvalue weighted by Gasteiger charge is -2.19. The van der Waals surface area contributed by atoms with Gasteiger partial charge in [-0.15, -0.1) is 0 Å². The van der Waals surface area contributed by atoms with Gasteiger partial charge in [0, 0.05) is 27.3 Å². The summed E-state index contributed by atoms with van der Waals surface area (Å²) in [6, 6.07) is 10.8. The van der Waals surface area contributed by atoms with Gasteiger partial charge >= 0.3 is 0 Å². The van der Waals surface area contributed by atoms with E-state index in [2.05, 4.69) is 4.98 Å². The van der Waals surface area contributed by atoms with Gasteiger partial charge in [0.05, 0.1) is 5.69 Å². The van der Waals surface area contributed by atoms with Gasteiger partial charge in [-0.3, -0.25) is 9.78 Å². The van der Waals surface area contributed by atoms with E-state index >= 15 is 0 Å². The molecule has 0 aliphatic carbocycles. The fourth-order valence-corrected chi connectivity index (χ4v) is 1.95. The molecule has 0 saturated heterocycles. The highest BCUT2D eigenvalue weighted by atomic mass is 35.5. The van der Waals surface area contributed by atoms with Gasteiger partial charge in [0.2, 0.25) is 5.91 Å². The Labute approximate surface area is 123 Å². The van der Waals surface area contributed by atoms with Crippen molar-refractivity contribution < 1.29 is 4.79 Å². The molecule has 20 heavy (non-hydrogen) atoms. The van der Waals surface area contributed by atoms with Crippen LogP contribution in [0.5, 0.6) is 0 Å². The first-order valence-corrected chi connectivity index (χ1v) is 6.73. The molecule has 0 fully saturated rings. The van der Waals surface area contributed by atoms with E-state index in [0.29, 0.717) is 10.6 Å². The zero-order valence-electron chi connectivity index (χ0n) is 11.8. The van der Waals surface area contributed by atoms with E-state index in [4.69, 9.17) is 17.3 Å². The van der Waals surface area contributed by atoms with Gasteiger partial charge in [-0.2, -0.15) is 0 Å². The third kappa shape index (κ3) is 3.17. The number of primary amides is 1. The zero-order chi connectivity index (χ0) is 14.9. The van der Waals surface area contributed by atoms with Crippen LogP contribution in [0.25, 0.3) is 11.3 Å². The molecule has 104 valence electrons. The van der Waals surface area contributed by atoms with E-state index < -0.39 is 5.91 Å². The molecule has 0 spiro atoms. The highest BCUT2D eigenvalue weighted by Crippen LogP contribution is 2.26. The fourth-order valence-electron chi connectivity index (χ4n) is 1.83. The molecule has 0 atom stereocenters. The molecule has 2 N–H and O–H groups in total. The molecule has 0 radical (unpaired) electrons. The summed E-state index contributed by atoms with van der Waals surface area (Å²) in [7, 11) is 0. The number of hydrogen-bond acceptors (Lipinski definition) is 2. The van der Waals surface area contributed by atoms with Crippen molar-refractivity contribution in [3.63, 3.8) is 0 Å². The molecule has 1 amide bonds. The van der Waals surface area contributed by atoms with Crippen LogP contribution in [0.4, 0.5) is 0 Å². The number of nitrogens with zero attached hydrogens (tertiary/aromatic N) is 1. The number of aromatic nitrogens is 1. The van der Waals surface area contributed by atoms with Gasteiger partial charge in [0.15, 0.2) is 0 Å². The minimum absolute atomic E-state index is 0.160. The monoisotopic (exact) mass is 288 g/mol. The summed E-state index contributed by atoms with van der Waals surface area (Å²) in [4.78, 5) is 16.1. The molecule has 0 bridgehead atoms. The van der Waals surface area contributed by atoms with Crippen molar-refractivity contribution in [3.05, 3.63) is 52.7 Å². The Morgan fingerprint density at radius 2 is 1.75 bits per heavy atom. The molecular formula is C16H17ClN2O. The van der Waals surface area contributed by atoms with Crippen molar-refractivity contribution in [1.82, 2.24) is 4.98 Å². The fraction of sp³-hybridized carbons (Fsp3) is 0.250. The summed E-state index contributed by atoms with van der Waals surface area (Å²) < 4.78 is 0. The molecule has 0 unspecified atom stereocenters. The SMILES string of the molecule is CC(C)(C)c1cc(C(N)=O)cc(-c2ccc(Cl)cc2)n1. The molecule has 2 aromatic rings. The average molecular weight is 289 g/mol. The minimum atomic E-state index is -0.451. The van der Waals surface area contributed by atoms with Crippen LogP contribution in [0.1, 0.15) is 36.8 Å². The van der Waals surface area contributed by atoms with Crippen LogP contribution in [-0.4, -0.2) is 10.9 Å². The quantitative estimate of drug-likeness (QED) is 0.914. The Morgan fingerprint density at radius 3 is 2.25 bits per heavy atom. The van der Waals surface area contributed by atoms with E-state index in [1.54, 1.807) is 24.3 Å². The van der Waals surface area contributed by atoms with Crippen LogP contribution >= 0.6 is 11.6 Å². The Morgan fingerprint density at radius 1 is 1.15 bits per heavy atom. The average Bonchev–Trinajstić information content (AvgIpc) is 2.38. The predicted molar refractivity (Wildman–Crippen MR) is 81.9 cm³/mol. The molecule has 1 aromatic carbocycles. The van der Waals surface area contributed by atoms with Crippen molar-refractivity contribution in [2.24, 2.45) is 5.73 Å². The van der Waals surface area contributed by atoms with Crippen LogP contribution in [0, 0.1) is 0 Å². The Hall–Kier alpha value is -1.87. The van der Waals surface area contributed by atoms with E-state index in [9.17, 15) is 4.79 Å². The molecule has 2 rings (SSSR count). The lowest BCUT2D eigenvalue weighted by atomic mass is 9.90. The van der Waals surface area contributed by atoms with Gasteiger partial charge in [-0.25, -0.2) is 0 Å². The Bertz CT molecular complexity index is 643. The smallest absolute Gasteiger partial charge is 0.248 e. The Kier molecular flexibility index (Phi) is 3.82. The van der Waals surface area contributed by atoms with Crippen LogP contribution in [-0.2, 0) is 5.41 Å². The number of halogens is 1. The van der Waals surface area contributed by atoms with Crippen molar-refractivity contribution in [2.75, 3.05) is 0 Å². The van der Waals surface area contributed by atoms with Gasteiger partial charge in [-0.1, -0.05) is 44.5 Å². The van der Waals surface area contributed by atoms with Gasteiger partial charge in [0.1, 0.15) is 0 Å². The first-order chi connectivity index (χ1) is 9.27. The third-order valence-electron chi connectivity index (χ3n) is 3.02. The summed E-state index contributed by atoms with van der Waals surface area (Å²) in [6.45, 7) is 6.14. The van der Waals surface area contributed by atoms with E-state index in [1.165, 1.54) is 0 Å². The first-order valence-electron chi connectivity index (χ1n) is 6.36. The van der Waals surface area contributed by atoms with Crippen molar-refractivity contribution in [2.45, 2.75) is 26.2 Å². The maximum Gasteiger partial charge on any atom is 0.248 e. The minimum Gasteiger partial charge on any atom is -0.366 e. The topological polar surface area (TPSA) is 56.0 Å². The normalized spacial score (nSPS) is 11.4. The van der Waals surface area contributed by atoms with Gasteiger partial charge in [0.25, 0.3) is 0 Å². The molecular weight excluding hydrogens is 272 g/mol. The maximum absolute atomic E-state index is 11.5. The summed E-state index contributed by atoms with van der Waals surface area (Å²) in [5, 5.41) is 0.663.